The number of carboxylic acids is 1. The number of carbonyl (C=O) groups excluding carboxylic acids is 1. The van der Waals surface area contributed by atoms with Crippen molar-refractivity contribution < 1.29 is 19.4 Å². The Morgan fingerprint density at radius 3 is 2.56 bits per heavy atom. The van der Waals surface area contributed by atoms with Crippen LogP contribution in [0.25, 0.3) is 0 Å². The maximum absolute atomic E-state index is 11.3. The molecular weight excluding hydrogens is 208 g/mol. The maximum Gasteiger partial charge on any atom is 0.320 e. The molecule has 16 heavy (non-hydrogen) atoms. The molecule has 0 aromatic rings. The van der Waals surface area contributed by atoms with Gasteiger partial charge < -0.3 is 9.84 Å². The average Bonchev–Trinajstić information content (AvgIpc) is 2.86. The van der Waals surface area contributed by atoms with E-state index >= 15 is 0 Å². The minimum absolute atomic E-state index is 0.416. The van der Waals surface area contributed by atoms with E-state index in [0.29, 0.717) is 18.3 Å². The number of hydrogen-bond acceptors (Lipinski definition) is 3. The smallest absolute Gasteiger partial charge is 0.320 e. The predicted octanol–water partition coefficient (Wildman–Crippen LogP) is 1.69. The van der Waals surface area contributed by atoms with Crippen LogP contribution in [0.2, 0.25) is 0 Å². The molecule has 0 aliphatic heterocycles. The van der Waals surface area contributed by atoms with Crippen LogP contribution in [0.4, 0.5) is 0 Å². The number of carboxylic acid groups (broad SMARTS) is 1. The normalized spacial score (nSPS) is 33.7. The average molecular weight is 226 g/mol. The molecule has 0 aromatic carbocycles. The molecule has 2 aliphatic rings. The summed E-state index contributed by atoms with van der Waals surface area (Å²) in [5.74, 6) is -0.767. The maximum atomic E-state index is 11.3. The third-order valence-electron chi connectivity index (χ3n) is 4.21. The van der Waals surface area contributed by atoms with Gasteiger partial charge in [0.2, 0.25) is 0 Å². The molecule has 0 spiro atoms. The summed E-state index contributed by atoms with van der Waals surface area (Å²) >= 11 is 0. The highest BCUT2D eigenvalue weighted by molar-refractivity contribution is 5.93. The van der Waals surface area contributed by atoms with Crippen molar-refractivity contribution in [1.82, 2.24) is 0 Å². The Kier molecular flexibility index (Phi) is 3.17. The summed E-state index contributed by atoms with van der Waals surface area (Å²) < 4.78 is 4.54. The van der Waals surface area contributed by atoms with Crippen LogP contribution in [0, 0.1) is 23.7 Å². The summed E-state index contributed by atoms with van der Waals surface area (Å²) in [6.45, 7) is 0. The fourth-order valence-corrected chi connectivity index (χ4v) is 3.41. The third-order valence-corrected chi connectivity index (χ3v) is 4.21. The third kappa shape index (κ3) is 2.06. The second-order valence-electron chi connectivity index (χ2n) is 5.08. The molecule has 0 heterocycles. The molecule has 4 heteroatoms. The van der Waals surface area contributed by atoms with E-state index in [1.54, 1.807) is 0 Å². The van der Waals surface area contributed by atoms with Crippen molar-refractivity contribution in [1.29, 1.82) is 0 Å². The molecule has 0 saturated heterocycles. The molecule has 2 saturated carbocycles. The first-order valence-electron chi connectivity index (χ1n) is 5.92. The van der Waals surface area contributed by atoms with E-state index < -0.39 is 17.9 Å². The zero-order valence-electron chi connectivity index (χ0n) is 9.52. The zero-order chi connectivity index (χ0) is 11.7. The van der Waals surface area contributed by atoms with Gasteiger partial charge in [-0.05, 0) is 43.4 Å². The molecule has 0 radical (unpaired) electrons. The summed E-state index contributed by atoms with van der Waals surface area (Å²) in [7, 11) is 1.25. The quantitative estimate of drug-likeness (QED) is 0.585. The van der Waals surface area contributed by atoms with Crippen LogP contribution in [0.3, 0.4) is 0 Å². The van der Waals surface area contributed by atoms with Crippen molar-refractivity contribution in [2.75, 3.05) is 7.11 Å². The van der Waals surface area contributed by atoms with Gasteiger partial charge in [0.05, 0.1) is 7.11 Å². The first-order chi connectivity index (χ1) is 7.61. The number of fused-ring (bicyclic) bond motifs is 2. The topological polar surface area (TPSA) is 63.6 Å². The van der Waals surface area contributed by atoms with Crippen molar-refractivity contribution in [3.8, 4) is 0 Å². The van der Waals surface area contributed by atoms with E-state index in [0.717, 1.165) is 12.3 Å². The minimum atomic E-state index is -1.05. The number of rotatable bonds is 4. The lowest BCUT2D eigenvalue weighted by molar-refractivity contribution is -0.157. The van der Waals surface area contributed by atoms with Crippen molar-refractivity contribution in [2.45, 2.75) is 32.1 Å². The van der Waals surface area contributed by atoms with Gasteiger partial charge in [-0.1, -0.05) is 6.42 Å². The lowest BCUT2D eigenvalue weighted by atomic mass is 9.82. The molecule has 4 unspecified atom stereocenters. The van der Waals surface area contributed by atoms with E-state index in [-0.39, 0.29) is 0 Å². The molecule has 0 amide bonds. The van der Waals surface area contributed by atoms with Crippen molar-refractivity contribution in [3.05, 3.63) is 0 Å². The van der Waals surface area contributed by atoms with Crippen molar-refractivity contribution in [2.24, 2.45) is 23.7 Å². The summed E-state index contributed by atoms with van der Waals surface area (Å²) in [5.41, 5.74) is 0. The Hall–Kier alpha value is -1.06. The first kappa shape index (κ1) is 11.4. The van der Waals surface area contributed by atoms with Gasteiger partial charge in [0.25, 0.3) is 0 Å². The lowest BCUT2D eigenvalue weighted by Gasteiger charge is -2.23. The van der Waals surface area contributed by atoms with Gasteiger partial charge in [0, 0.05) is 0 Å². The largest absolute Gasteiger partial charge is 0.481 e. The molecular formula is C12H18O4. The molecule has 90 valence electrons. The summed E-state index contributed by atoms with van der Waals surface area (Å²) in [5, 5.41) is 9.00. The molecule has 0 aromatic heterocycles. The molecule has 1 N–H and O–H groups in total. The highest BCUT2D eigenvalue weighted by Crippen LogP contribution is 2.50. The number of ether oxygens (including phenoxy) is 1. The van der Waals surface area contributed by atoms with Crippen LogP contribution in [0.5, 0.6) is 0 Å². The monoisotopic (exact) mass is 226 g/mol. The Labute approximate surface area is 95.0 Å². The van der Waals surface area contributed by atoms with Gasteiger partial charge in [-0.2, -0.15) is 0 Å². The predicted molar refractivity (Wildman–Crippen MR) is 56.7 cm³/mol. The van der Waals surface area contributed by atoms with Crippen LogP contribution in [-0.2, 0) is 14.3 Å². The van der Waals surface area contributed by atoms with E-state index in [1.165, 1.54) is 26.4 Å². The number of hydrogen-bond donors (Lipinski definition) is 1. The SMILES string of the molecule is COC(=O)C(CC1CC2CCC1C2)C(=O)O. The van der Waals surface area contributed by atoms with Crippen LogP contribution in [0.1, 0.15) is 32.1 Å². The summed E-state index contributed by atoms with van der Waals surface area (Å²) in [4.78, 5) is 22.3. The number of carbonyl (C=O) groups is 2. The van der Waals surface area contributed by atoms with Gasteiger partial charge in [0.1, 0.15) is 0 Å². The van der Waals surface area contributed by atoms with Gasteiger partial charge >= 0.3 is 11.9 Å². The standard InChI is InChI=1S/C12H18O4/c1-16-12(15)10(11(13)14)6-9-5-7-2-3-8(9)4-7/h7-10H,2-6H2,1H3,(H,13,14). The van der Waals surface area contributed by atoms with Crippen LogP contribution < -0.4 is 0 Å². The van der Waals surface area contributed by atoms with Gasteiger partial charge in [-0.25, -0.2) is 0 Å². The van der Waals surface area contributed by atoms with Crippen LogP contribution in [-0.4, -0.2) is 24.2 Å². The lowest BCUT2D eigenvalue weighted by Crippen LogP contribution is -2.28. The molecule has 2 aliphatic carbocycles. The Balaban J connectivity index is 1.96. The highest BCUT2D eigenvalue weighted by atomic mass is 16.5. The minimum Gasteiger partial charge on any atom is -0.481 e. The number of esters is 1. The van der Waals surface area contributed by atoms with Crippen LogP contribution >= 0.6 is 0 Å². The molecule has 4 nitrogen and oxygen atoms in total. The first-order valence-corrected chi connectivity index (χ1v) is 5.92. The summed E-state index contributed by atoms with van der Waals surface area (Å²) in [6.07, 6.45) is 5.30. The van der Waals surface area contributed by atoms with E-state index in [9.17, 15) is 9.59 Å². The molecule has 2 fully saturated rings. The highest BCUT2D eigenvalue weighted by Gasteiger charge is 2.42. The van der Waals surface area contributed by atoms with Crippen molar-refractivity contribution in [3.63, 3.8) is 0 Å². The van der Waals surface area contributed by atoms with Crippen molar-refractivity contribution >= 4 is 11.9 Å². The van der Waals surface area contributed by atoms with Gasteiger partial charge in [0.15, 0.2) is 5.92 Å². The van der Waals surface area contributed by atoms with Gasteiger partial charge in [-0.15, -0.1) is 0 Å². The fourth-order valence-electron chi connectivity index (χ4n) is 3.41. The molecule has 2 rings (SSSR count). The Morgan fingerprint density at radius 2 is 2.12 bits per heavy atom. The van der Waals surface area contributed by atoms with E-state index in [2.05, 4.69) is 4.74 Å². The number of methoxy groups -OCH3 is 1. The Bertz CT molecular complexity index is 299. The van der Waals surface area contributed by atoms with E-state index in [1.807, 2.05) is 0 Å². The number of aliphatic carboxylic acids is 1. The van der Waals surface area contributed by atoms with Gasteiger partial charge in [-0.3, -0.25) is 9.59 Å². The zero-order valence-corrected chi connectivity index (χ0v) is 9.52. The second-order valence-corrected chi connectivity index (χ2v) is 5.08. The fraction of sp³-hybridized carbons (Fsp3) is 0.833. The second kappa shape index (κ2) is 4.44. The van der Waals surface area contributed by atoms with E-state index in [4.69, 9.17) is 5.11 Å². The molecule has 4 atom stereocenters. The summed E-state index contributed by atoms with van der Waals surface area (Å²) in [6, 6.07) is 0. The van der Waals surface area contributed by atoms with Crippen LogP contribution in [0.15, 0.2) is 0 Å². The molecule has 2 bridgehead atoms. The Morgan fingerprint density at radius 1 is 1.38 bits per heavy atom.